The van der Waals surface area contributed by atoms with E-state index in [9.17, 15) is 14.7 Å². The minimum absolute atomic E-state index is 0.146. The minimum Gasteiger partial charge on any atom is -0.508 e. The average Bonchev–Trinajstić information content (AvgIpc) is 2.54. The van der Waals surface area contributed by atoms with E-state index in [1.165, 1.54) is 38.3 Å². The number of Topliss-reactive ketones (excluding diaryl/α,β-unsaturated/α-hetero) is 1. The van der Waals surface area contributed by atoms with Gasteiger partial charge in [0.25, 0.3) is 0 Å². The topological polar surface area (TPSA) is 72.8 Å². The van der Waals surface area contributed by atoms with Crippen LogP contribution >= 0.6 is 0 Å². The lowest BCUT2D eigenvalue weighted by Gasteiger charge is -2.08. The summed E-state index contributed by atoms with van der Waals surface area (Å²) in [5.74, 6) is -0.0449. The smallest absolute Gasteiger partial charge is 0.336 e. The predicted octanol–water partition coefficient (Wildman–Crippen LogP) is 3.22. The molecule has 5 nitrogen and oxygen atoms in total. The number of benzene rings is 2. The Labute approximate surface area is 133 Å². The molecule has 2 rings (SSSR count). The average molecular weight is 312 g/mol. The summed E-state index contributed by atoms with van der Waals surface area (Å²) in [4.78, 5) is 23.5. The van der Waals surface area contributed by atoms with Crippen LogP contribution in [0.25, 0.3) is 6.08 Å². The van der Waals surface area contributed by atoms with Crippen LogP contribution in [0.3, 0.4) is 0 Å². The molecular weight excluding hydrogens is 296 g/mol. The van der Waals surface area contributed by atoms with E-state index in [0.717, 1.165) is 5.56 Å². The third kappa shape index (κ3) is 4.44. The van der Waals surface area contributed by atoms with Gasteiger partial charge in [0, 0.05) is 12.1 Å². The van der Waals surface area contributed by atoms with Crippen LogP contribution in [0, 0.1) is 0 Å². The van der Waals surface area contributed by atoms with Crippen LogP contribution in [-0.2, 0) is 4.79 Å². The zero-order chi connectivity index (χ0) is 16.8. The summed E-state index contributed by atoms with van der Waals surface area (Å²) in [6.45, 7) is 1.39. The van der Waals surface area contributed by atoms with Crippen LogP contribution < -0.4 is 9.47 Å². The molecule has 2 aromatic carbocycles. The van der Waals surface area contributed by atoms with E-state index < -0.39 is 5.97 Å². The molecule has 0 aliphatic heterocycles. The number of carbonyl (C=O) groups excluding carboxylic acids is 2. The standard InChI is InChI=1S/C18H16O5/c1-12(19)16-9-8-15(22-2)11-17(16)23-18(21)10-5-13-3-6-14(20)7-4-13/h3-11,20H,1-2H3/b10-5+. The Kier molecular flexibility index (Phi) is 5.15. The molecule has 23 heavy (non-hydrogen) atoms. The van der Waals surface area contributed by atoms with Crippen LogP contribution in [0.5, 0.6) is 17.2 Å². The van der Waals surface area contributed by atoms with E-state index in [2.05, 4.69) is 0 Å². The lowest BCUT2D eigenvalue weighted by molar-refractivity contribution is -0.128. The minimum atomic E-state index is -0.617. The Morgan fingerprint density at radius 3 is 2.39 bits per heavy atom. The van der Waals surface area contributed by atoms with Gasteiger partial charge in [-0.1, -0.05) is 12.1 Å². The number of esters is 1. The van der Waals surface area contributed by atoms with Gasteiger partial charge in [0.15, 0.2) is 5.78 Å². The summed E-state index contributed by atoms with van der Waals surface area (Å²) in [7, 11) is 1.49. The molecule has 1 N–H and O–H groups in total. The molecule has 0 amide bonds. The van der Waals surface area contributed by atoms with Crippen molar-refractivity contribution in [1.29, 1.82) is 0 Å². The molecule has 0 aliphatic rings. The first-order valence-corrected chi connectivity index (χ1v) is 6.87. The summed E-state index contributed by atoms with van der Waals surface area (Å²) >= 11 is 0. The number of carbonyl (C=O) groups is 2. The Hall–Kier alpha value is -3.08. The maximum absolute atomic E-state index is 11.9. The molecule has 0 atom stereocenters. The van der Waals surface area contributed by atoms with Crippen molar-refractivity contribution in [2.45, 2.75) is 6.92 Å². The van der Waals surface area contributed by atoms with E-state index in [0.29, 0.717) is 11.3 Å². The number of hydrogen-bond acceptors (Lipinski definition) is 5. The number of ether oxygens (including phenoxy) is 2. The van der Waals surface area contributed by atoms with E-state index in [1.807, 2.05) is 0 Å². The highest BCUT2D eigenvalue weighted by Crippen LogP contribution is 2.25. The summed E-state index contributed by atoms with van der Waals surface area (Å²) in [5, 5.41) is 9.20. The van der Waals surface area contributed by atoms with Gasteiger partial charge in [0.2, 0.25) is 0 Å². The number of phenols is 1. The monoisotopic (exact) mass is 312 g/mol. The number of aromatic hydroxyl groups is 1. The summed E-state index contributed by atoms with van der Waals surface area (Å²) in [5.41, 5.74) is 1.04. The van der Waals surface area contributed by atoms with Gasteiger partial charge in [-0.05, 0) is 42.8 Å². The van der Waals surface area contributed by atoms with Gasteiger partial charge in [-0.15, -0.1) is 0 Å². The lowest BCUT2D eigenvalue weighted by atomic mass is 10.1. The first-order valence-electron chi connectivity index (χ1n) is 6.87. The second-order valence-corrected chi connectivity index (χ2v) is 4.76. The molecule has 0 radical (unpaired) electrons. The first-order chi connectivity index (χ1) is 11.0. The summed E-state index contributed by atoms with van der Waals surface area (Å²) < 4.78 is 10.3. The molecule has 0 aliphatic carbocycles. The highest BCUT2D eigenvalue weighted by atomic mass is 16.5. The van der Waals surface area contributed by atoms with Crippen LogP contribution in [-0.4, -0.2) is 24.0 Å². The molecule has 2 aromatic rings. The zero-order valence-corrected chi connectivity index (χ0v) is 12.8. The Morgan fingerprint density at radius 1 is 1.09 bits per heavy atom. The summed E-state index contributed by atoms with van der Waals surface area (Å²) in [6, 6.07) is 11.0. The Balaban J connectivity index is 2.16. The van der Waals surface area contributed by atoms with E-state index in [-0.39, 0.29) is 17.3 Å². The van der Waals surface area contributed by atoms with Gasteiger partial charge in [0.1, 0.15) is 17.2 Å². The molecule has 0 fully saturated rings. The van der Waals surface area contributed by atoms with Gasteiger partial charge >= 0.3 is 5.97 Å². The Bertz CT molecular complexity index is 745. The Morgan fingerprint density at radius 2 is 1.78 bits per heavy atom. The maximum atomic E-state index is 11.9. The molecule has 0 saturated carbocycles. The molecule has 0 bridgehead atoms. The van der Waals surface area contributed by atoms with Crippen LogP contribution in [0.2, 0.25) is 0 Å². The van der Waals surface area contributed by atoms with Crippen molar-refractivity contribution in [2.75, 3.05) is 7.11 Å². The number of ketones is 1. The molecule has 5 heteroatoms. The molecule has 0 saturated heterocycles. The fourth-order valence-electron chi connectivity index (χ4n) is 1.90. The zero-order valence-electron chi connectivity index (χ0n) is 12.8. The second-order valence-electron chi connectivity index (χ2n) is 4.76. The van der Waals surface area contributed by atoms with E-state index in [1.54, 1.807) is 30.3 Å². The molecule has 118 valence electrons. The van der Waals surface area contributed by atoms with Crippen molar-refractivity contribution in [3.63, 3.8) is 0 Å². The van der Waals surface area contributed by atoms with Crippen LogP contribution in [0.1, 0.15) is 22.8 Å². The fourth-order valence-corrected chi connectivity index (χ4v) is 1.90. The molecule has 0 spiro atoms. The van der Waals surface area contributed by atoms with Crippen molar-refractivity contribution < 1.29 is 24.2 Å². The van der Waals surface area contributed by atoms with Crippen molar-refractivity contribution in [2.24, 2.45) is 0 Å². The normalized spacial score (nSPS) is 10.5. The van der Waals surface area contributed by atoms with Crippen molar-refractivity contribution in [1.82, 2.24) is 0 Å². The van der Waals surface area contributed by atoms with E-state index in [4.69, 9.17) is 9.47 Å². The van der Waals surface area contributed by atoms with Crippen molar-refractivity contribution in [3.05, 3.63) is 59.7 Å². The number of phenolic OH excluding ortho intramolecular Hbond substituents is 1. The van der Waals surface area contributed by atoms with Crippen LogP contribution in [0.15, 0.2) is 48.5 Å². The lowest BCUT2D eigenvalue weighted by Crippen LogP contribution is -2.07. The van der Waals surface area contributed by atoms with Gasteiger partial charge < -0.3 is 14.6 Å². The van der Waals surface area contributed by atoms with Crippen LogP contribution in [0.4, 0.5) is 0 Å². The van der Waals surface area contributed by atoms with Crippen molar-refractivity contribution in [3.8, 4) is 17.2 Å². The third-order valence-electron chi connectivity index (χ3n) is 3.08. The molecular formula is C18H16O5. The highest BCUT2D eigenvalue weighted by molar-refractivity contribution is 5.98. The second kappa shape index (κ2) is 7.26. The highest BCUT2D eigenvalue weighted by Gasteiger charge is 2.12. The third-order valence-corrected chi connectivity index (χ3v) is 3.08. The van der Waals surface area contributed by atoms with Crippen molar-refractivity contribution >= 4 is 17.8 Å². The number of rotatable bonds is 5. The summed E-state index contributed by atoms with van der Waals surface area (Å²) in [6.07, 6.45) is 2.80. The molecule has 0 aromatic heterocycles. The number of hydrogen-bond donors (Lipinski definition) is 1. The molecule has 0 heterocycles. The fraction of sp³-hybridized carbons (Fsp3) is 0.111. The molecule has 0 unspecified atom stereocenters. The van der Waals surface area contributed by atoms with Gasteiger partial charge in [-0.25, -0.2) is 4.79 Å². The maximum Gasteiger partial charge on any atom is 0.336 e. The van der Waals surface area contributed by atoms with Gasteiger partial charge in [-0.3, -0.25) is 4.79 Å². The SMILES string of the molecule is COc1ccc(C(C)=O)c(OC(=O)/C=C/c2ccc(O)cc2)c1. The first kappa shape index (κ1) is 16.3. The quantitative estimate of drug-likeness (QED) is 0.397. The number of methoxy groups -OCH3 is 1. The van der Waals surface area contributed by atoms with E-state index >= 15 is 0 Å². The van der Waals surface area contributed by atoms with Gasteiger partial charge in [-0.2, -0.15) is 0 Å². The predicted molar refractivity (Wildman–Crippen MR) is 85.8 cm³/mol. The largest absolute Gasteiger partial charge is 0.508 e. The van der Waals surface area contributed by atoms with Gasteiger partial charge in [0.05, 0.1) is 12.7 Å².